The van der Waals surface area contributed by atoms with Gasteiger partial charge in [0.1, 0.15) is 5.76 Å². The summed E-state index contributed by atoms with van der Waals surface area (Å²) in [5.41, 5.74) is 7.30. The molecule has 0 spiro atoms. The van der Waals surface area contributed by atoms with Crippen LogP contribution in [0, 0.1) is 6.92 Å². The number of aryl methyl sites for hydroxylation is 1. The number of hydrogen-bond donors (Lipinski definition) is 1. The highest BCUT2D eigenvalue weighted by atomic mass is 16.5. The second-order valence-corrected chi connectivity index (χ2v) is 6.30. The van der Waals surface area contributed by atoms with Crippen LogP contribution in [0.5, 0.6) is 5.88 Å². The Hall–Kier alpha value is -2.34. The van der Waals surface area contributed by atoms with Gasteiger partial charge in [0.15, 0.2) is 6.61 Å². The average Bonchev–Trinajstić information content (AvgIpc) is 3.06. The molecule has 1 fully saturated rings. The van der Waals surface area contributed by atoms with E-state index in [4.69, 9.17) is 15.0 Å². The minimum absolute atomic E-state index is 0.0209. The summed E-state index contributed by atoms with van der Waals surface area (Å²) in [7, 11) is 0. The van der Waals surface area contributed by atoms with Crippen molar-refractivity contribution in [1.82, 2.24) is 10.1 Å². The van der Waals surface area contributed by atoms with Crippen molar-refractivity contribution in [2.45, 2.75) is 25.2 Å². The molecule has 128 valence electrons. The average molecular weight is 329 g/mol. The number of hydrogen-bond acceptors (Lipinski definition) is 5. The molecule has 1 aromatic carbocycles. The van der Waals surface area contributed by atoms with Gasteiger partial charge in [-0.25, -0.2) is 0 Å². The number of amides is 1. The summed E-state index contributed by atoms with van der Waals surface area (Å²) >= 11 is 0. The number of rotatable bonds is 5. The maximum absolute atomic E-state index is 12.3. The molecule has 1 saturated heterocycles. The first-order chi connectivity index (χ1) is 11.6. The molecule has 2 N–H and O–H groups in total. The van der Waals surface area contributed by atoms with Crippen LogP contribution >= 0.6 is 0 Å². The van der Waals surface area contributed by atoms with Gasteiger partial charge in [0.25, 0.3) is 11.8 Å². The van der Waals surface area contributed by atoms with Crippen LogP contribution in [-0.2, 0) is 10.2 Å². The number of nitrogens with zero attached hydrogens (tertiary/aromatic N) is 2. The van der Waals surface area contributed by atoms with Crippen LogP contribution in [0.15, 0.2) is 40.9 Å². The third kappa shape index (κ3) is 3.43. The molecule has 1 aromatic heterocycles. The summed E-state index contributed by atoms with van der Waals surface area (Å²) in [6, 6.07) is 12.0. The zero-order chi connectivity index (χ0) is 17.0. The lowest BCUT2D eigenvalue weighted by molar-refractivity contribution is -0.135. The molecular formula is C18H23N3O3. The van der Waals surface area contributed by atoms with Gasteiger partial charge in [0.2, 0.25) is 0 Å². The first kappa shape index (κ1) is 16.5. The molecule has 6 heteroatoms. The van der Waals surface area contributed by atoms with Crippen molar-refractivity contribution in [1.29, 1.82) is 0 Å². The van der Waals surface area contributed by atoms with E-state index in [1.165, 1.54) is 5.56 Å². The third-order valence-electron chi connectivity index (χ3n) is 4.80. The number of piperidine rings is 1. The number of carbonyl (C=O) groups excluding carboxylic acids is 1. The molecule has 0 aliphatic carbocycles. The quantitative estimate of drug-likeness (QED) is 0.906. The highest BCUT2D eigenvalue weighted by Crippen LogP contribution is 2.34. The zero-order valence-corrected chi connectivity index (χ0v) is 13.9. The van der Waals surface area contributed by atoms with E-state index >= 15 is 0 Å². The van der Waals surface area contributed by atoms with E-state index in [0.29, 0.717) is 31.3 Å². The van der Waals surface area contributed by atoms with Crippen molar-refractivity contribution < 1.29 is 14.1 Å². The number of ether oxygens (including phenoxy) is 1. The number of nitrogens with two attached hydrogens (primary N) is 1. The number of carbonyl (C=O) groups is 1. The van der Waals surface area contributed by atoms with Gasteiger partial charge in [-0.2, -0.15) is 0 Å². The minimum atomic E-state index is -0.0396. The van der Waals surface area contributed by atoms with Crippen molar-refractivity contribution in [3.8, 4) is 5.88 Å². The Balaban J connectivity index is 1.56. The predicted octanol–water partition coefficient (Wildman–Crippen LogP) is 1.88. The van der Waals surface area contributed by atoms with Crippen molar-refractivity contribution in [3.63, 3.8) is 0 Å². The predicted molar refractivity (Wildman–Crippen MR) is 89.7 cm³/mol. The van der Waals surface area contributed by atoms with Crippen LogP contribution in [0.4, 0.5) is 0 Å². The molecule has 1 aliphatic heterocycles. The Bertz CT molecular complexity index is 676. The van der Waals surface area contributed by atoms with Crippen LogP contribution < -0.4 is 10.5 Å². The third-order valence-corrected chi connectivity index (χ3v) is 4.80. The summed E-state index contributed by atoms with van der Waals surface area (Å²) in [6.07, 6.45) is 1.73. The number of aromatic nitrogens is 1. The molecule has 0 atom stereocenters. The van der Waals surface area contributed by atoms with Gasteiger partial charge in [-0.1, -0.05) is 30.3 Å². The normalized spacial score (nSPS) is 16.8. The van der Waals surface area contributed by atoms with Gasteiger partial charge in [-0.05, 0) is 30.5 Å². The van der Waals surface area contributed by atoms with Crippen LogP contribution in [0.1, 0.15) is 24.2 Å². The lowest BCUT2D eigenvalue weighted by Gasteiger charge is -2.41. The lowest BCUT2D eigenvalue weighted by Crippen LogP contribution is -2.49. The van der Waals surface area contributed by atoms with Crippen molar-refractivity contribution in [2.75, 3.05) is 26.2 Å². The van der Waals surface area contributed by atoms with Gasteiger partial charge in [-0.3, -0.25) is 4.79 Å². The topological polar surface area (TPSA) is 81.6 Å². The Morgan fingerprint density at radius 1 is 1.33 bits per heavy atom. The highest BCUT2D eigenvalue weighted by molar-refractivity contribution is 5.77. The smallest absolute Gasteiger partial charge is 0.260 e. The van der Waals surface area contributed by atoms with E-state index in [1.54, 1.807) is 13.0 Å². The Kier molecular flexibility index (Phi) is 4.85. The number of likely N-dealkylation sites (tertiary alicyclic amines) is 1. The minimum Gasteiger partial charge on any atom is -0.465 e. The van der Waals surface area contributed by atoms with Crippen LogP contribution in [0.25, 0.3) is 0 Å². The molecule has 0 radical (unpaired) electrons. The molecule has 1 amide bonds. The van der Waals surface area contributed by atoms with Gasteiger partial charge in [0, 0.05) is 31.1 Å². The van der Waals surface area contributed by atoms with Gasteiger partial charge >= 0.3 is 0 Å². The first-order valence-electron chi connectivity index (χ1n) is 8.22. The maximum Gasteiger partial charge on any atom is 0.260 e. The Labute approximate surface area is 141 Å². The van der Waals surface area contributed by atoms with Crippen LogP contribution in [0.2, 0.25) is 0 Å². The zero-order valence-electron chi connectivity index (χ0n) is 13.9. The Morgan fingerprint density at radius 3 is 2.62 bits per heavy atom. The van der Waals surface area contributed by atoms with E-state index in [2.05, 4.69) is 17.3 Å². The maximum atomic E-state index is 12.3. The van der Waals surface area contributed by atoms with Gasteiger partial charge < -0.3 is 19.9 Å². The fraction of sp³-hybridized carbons (Fsp3) is 0.444. The highest BCUT2D eigenvalue weighted by Gasteiger charge is 2.36. The molecule has 0 unspecified atom stereocenters. The number of benzene rings is 1. The summed E-state index contributed by atoms with van der Waals surface area (Å²) in [6.45, 7) is 3.72. The summed E-state index contributed by atoms with van der Waals surface area (Å²) in [4.78, 5) is 14.2. The molecule has 1 aliphatic rings. The molecule has 0 saturated carbocycles. The van der Waals surface area contributed by atoms with Crippen molar-refractivity contribution in [2.24, 2.45) is 5.73 Å². The van der Waals surface area contributed by atoms with E-state index < -0.39 is 0 Å². The van der Waals surface area contributed by atoms with Gasteiger partial charge in [0.05, 0.1) is 0 Å². The lowest BCUT2D eigenvalue weighted by atomic mass is 9.73. The second kappa shape index (κ2) is 7.05. The van der Waals surface area contributed by atoms with Crippen molar-refractivity contribution >= 4 is 5.91 Å². The monoisotopic (exact) mass is 329 g/mol. The van der Waals surface area contributed by atoms with E-state index in [-0.39, 0.29) is 17.9 Å². The molecular weight excluding hydrogens is 306 g/mol. The van der Waals surface area contributed by atoms with E-state index in [1.807, 2.05) is 23.1 Å². The summed E-state index contributed by atoms with van der Waals surface area (Å²) in [5, 5.41) is 3.72. The standard InChI is InChI=1S/C18H23N3O3/c1-14-11-16(20-24-14)23-12-17(22)21-9-7-18(13-19,8-10-21)15-5-3-2-4-6-15/h2-6,11H,7-10,12-13,19H2,1H3. The molecule has 0 bridgehead atoms. The van der Waals surface area contributed by atoms with Crippen LogP contribution in [-0.4, -0.2) is 42.2 Å². The van der Waals surface area contributed by atoms with Gasteiger partial charge in [-0.15, -0.1) is 0 Å². The molecule has 2 heterocycles. The molecule has 6 nitrogen and oxygen atoms in total. The molecule has 24 heavy (non-hydrogen) atoms. The SMILES string of the molecule is Cc1cc(OCC(=O)N2CCC(CN)(c3ccccc3)CC2)no1. The second-order valence-electron chi connectivity index (χ2n) is 6.30. The van der Waals surface area contributed by atoms with E-state index in [9.17, 15) is 4.79 Å². The fourth-order valence-corrected chi connectivity index (χ4v) is 3.23. The summed E-state index contributed by atoms with van der Waals surface area (Å²) in [5.74, 6) is 0.971. The first-order valence-corrected chi connectivity index (χ1v) is 8.22. The van der Waals surface area contributed by atoms with Crippen molar-refractivity contribution in [3.05, 3.63) is 47.7 Å². The largest absolute Gasteiger partial charge is 0.465 e. The Morgan fingerprint density at radius 2 is 2.04 bits per heavy atom. The molecule has 3 rings (SSSR count). The molecule has 2 aromatic rings. The fourth-order valence-electron chi connectivity index (χ4n) is 3.23. The summed E-state index contributed by atoms with van der Waals surface area (Å²) < 4.78 is 10.3. The van der Waals surface area contributed by atoms with Crippen LogP contribution in [0.3, 0.4) is 0 Å². The van der Waals surface area contributed by atoms with E-state index in [0.717, 1.165) is 12.8 Å².